The Morgan fingerprint density at radius 1 is 0.960 bits per heavy atom. The molecule has 0 rings (SSSR count). The fourth-order valence-electron chi connectivity index (χ4n) is 3.40. The summed E-state index contributed by atoms with van der Waals surface area (Å²) in [6.07, 6.45) is 19.8. The zero-order valence-corrected chi connectivity index (χ0v) is 17.6. The molecule has 2 heteroatoms. The van der Waals surface area contributed by atoms with E-state index in [0.717, 1.165) is 51.4 Å². The van der Waals surface area contributed by atoms with Crippen molar-refractivity contribution in [2.24, 2.45) is 22.8 Å². The Morgan fingerprint density at radius 3 is 2.00 bits per heavy atom. The number of hydrogen-bond donors (Lipinski definition) is 2. The molecule has 4 N–H and O–H groups in total. The summed E-state index contributed by atoms with van der Waals surface area (Å²) < 4.78 is 0. The molecule has 0 bridgehead atoms. The highest BCUT2D eigenvalue weighted by Gasteiger charge is 2.28. The minimum absolute atomic E-state index is 0.133. The van der Waals surface area contributed by atoms with E-state index in [1.807, 2.05) is 0 Å². The summed E-state index contributed by atoms with van der Waals surface area (Å²) in [4.78, 5) is 0. The Kier molecular flexibility index (Phi) is 12.1. The maximum atomic E-state index is 6.31. The van der Waals surface area contributed by atoms with Crippen LogP contribution in [0.5, 0.6) is 0 Å². The van der Waals surface area contributed by atoms with Crippen LogP contribution in [0.4, 0.5) is 0 Å². The van der Waals surface area contributed by atoms with Crippen molar-refractivity contribution in [3.8, 4) is 0 Å². The molecule has 0 saturated carbocycles. The molecule has 0 aromatic heterocycles. The van der Waals surface area contributed by atoms with Gasteiger partial charge in [0, 0.05) is 11.6 Å². The predicted octanol–water partition coefficient (Wildman–Crippen LogP) is 6.13. The molecule has 0 spiro atoms. The zero-order valence-electron chi connectivity index (χ0n) is 17.6. The lowest BCUT2D eigenvalue weighted by atomic mass is 9.74. The van der Waals surface area contributed by atoms with Gasteiger partial charge in [-0.2, -0.15) is 0 Å². The van der Waals surface area contributed by atoms with Gasteiger partial charge in [-0.15, -0.1) is 6.58 Å². The van der Waals surface area contributed by atoms with Gasteiger partial charge in [-0.05, 0) is 69.6 Å². The van der Waals surface area contributed by atoms with Crippen molar-refractivity contribution in [2.45, 2.75) is 97.6 Å². The normalized spacial score (nSPS) is 15.8. The topological polar surface area (TPSA) is 52.0 Å². The molecule has 2 atom stereocenters. The summed E-state index contributed by atoms with van der Waals surface area (Å²) in [5.74, 6) is 0.532. The average molecular weight is 349 g/mol. The molecule has 2 unspecified atom stereocenters. The first-order valence-corrected chi connectivity index (χ1v) is 10.3. The van der Waals surface area contributed by atoms with Crippen LogP contribution in [0.25, 0.3) is 0 Å². The van der Waals surface area contributed by atoms with Crippen LogP contribution in [0.1, 0.15) is 86.0 Å². The number of nitrogens with two attached hydrogens (primary N) is 2. The predicted molar refractivity (Wildman–Crippen MR) is 115 cm³/mol. The molecule has 0 heterocycles. The minimum atomic E-state index is -0.133. The van der Waals surface area contributed by atoms with Crippen LogP contribution in [0.3, 0.4) is 0 Å². The second-order valence-corrected chi connectivity index (χ2v) is 7.69. The maximum Gasteiger partial charge on any atom is 0.0333 e. The van der Waals surface area contributed by atoms with Crippen LogP contribution in [-0.4, -0.2) is 11.6 Å². The highest BCUT2D eigenvalue weighted by molar-refractivity contribution is 5.04. The first-order valence-electron chi connectivity index (χ1n) is 10.3. The lowest BCUT2D eigenvalue weighted by Gasteiger charge is -2.34. The minimum Gasteiger partial charge on any atom is -0.327 e. The third-order valence-electron chi connectivity index (χ3n) is 6.31. The molecule has 0 aromatic rings. The van der Waals surface area contributed by atoms with Gasteiger partial charge in [-0.25, -0.2) is 0 Å². The van der Waals surface area contributed by atoms with E-state index in [1.54, 1.807) is 0 Å². The highest BCUT2D eigenvalue weighted by Crippen LogP contribution is 2.34. The van der Waals surface area contributed by atoms with E-state index in [9.17, 15) is 0 Å². The van der Waals surface area contributed by atoms with Crippen LogP contribution in [0.2, 0.25) is 0 Å². The molecule has 0 fully saturated rings. The fraction of sp³-hybridized carbons (Fsp3) is 0.739. The Labute approximate surface area is 157 Å². The van der Waals surface area contributed by atoms with Crippen LogP contribution >= 0.6 is 0 Å². The second-order valence-electron chi connectivity index (χ2n) is 7.69. The summed E-state index contributed by atoms with van der Waals surface area (Å²) >= 11 is 0. The summed E-state index contributed by atoms with van der Waals surface area (Å²) in [5.41, 5.74) is 12.7. The monoisotopic (exact) mass is 348 g/mol. The Bertz CT molecular complexity index is 398. The van der Waals surface area contributed by atoms with Crippen LogP contribution in [0, 0.1) is 11.3 Å². The second kappa shape index (κ2) is 12.5. The van der Waals surface area contributed by atoms with E-state index in [2.05, 4.69) is 71.6 Å². The van der Waals surface area contributed by atoms with Crippen molar-refractivity contribution in [1.29, 1.82) is 0 Å². The lowest BCUT2D eigenvalue weighted by Crippen LogP contribution is -2.38. The third-order valence-corrected chi connectivity index (χ3v) is 6.31. The Morgan fingerprint density at radius 2 is 1.56 bits per heavy atom. The average Bonchev–Trinajstić information content (AvgIpc) is 2.63. The van der Waals surface area contributed by atoms with Gasteiger partial charge >= 0.3 is 0 Å². The Hall–Kier alpha value is -0.860. The van der Waals surface area contributed by atoms with Gasteiger partial charge in [0.15, 0.2) is 0 Å². The summed E-state index contributed by atoms with van der Waals surface area (Å²) in [5, 5.41) is 0. The number of allylic oxidation sites excluding steroid dienone is 4. The molecule has 0 amide bonds. The zero-order chi connectivity index (χ0) is 19.3. The van der Waals surface area contributed by atoms with Crippen molar-refractivity contribution in [3.63, 3.8) is 0 Å². The van der Waals surface area contributed by atoms with Crippen molar-refractivity contribution in [3.05, 3.63) is 37.0 Å². The first kappa shape index (κ1) is 24.1. The Balaban J connectivity index is 4.43. The van der Waals surface area contributed by atoms with Crippen molar-refractivity contribution >= 4 is 0 Å². The highest BCUT2D eigenvalue weighted by atomic mass is 14.7. The largest absolute Gasteiger partial charge is 0.327 e. The lowest BCUT2D eigenvalue weighted by molar-refractivity contribution is 0.216. The number of rotatable bonds is 14. The van der Waals surface area contributed by atoms with E-state index >= 15 is 0 Å². The summed E-state index contributed by atoms with van der Waals surface area (Å²) in [7, 11) is 0. The molecule has 2 nitrogen and oxygen atoms in total. The molecular weight excluding hydrogens is 304 g/mol. The SMILES string of the molecule is C=CC(C/C=C/CC(CC)(CC)C(C)N)CC/C=C/C(N)(CC)CC. The van der Waals surface area contributed by atoms with Crippen LogP contribution in [0.15, 0.2) is 37.0 Å². The van der Waals surface area contributed by atoms with Gasteiger partial charge < -0.3 is 11.5 Å². The fourth-order valence-corrected chi connectivity index (χ4v) is 3.40. The molecule has 0 saturated heterocycles. The van der Waals surface area contributed by atoms with Crippen molar-refractivity contribution < 1.29 is 0 Å². The van der Waals surface area contributed by atoms with Crippen LogP contribution < -0.4 is 11.5 Å². The van der Waals surface area contributed by atoms with Crippen LogP contribution in [-0.2, 0) is 0 Å². The third kappa shape index (κ3) is 8.37. The van der Waals surface area contributed by atoms with E-state index < -0.39 is 0 Å². The van der Waals surface area contributed by atoms with Gasteiger partial charge in [0.2, 0.25) is 0 Å². The first-order chi connectivity index (χ1) is 11.8. The van der Waals surface area contributed by atoms with Crippen molar-refractivity contribution in [1.82, 2.24) is 0 Å². The van der Waals surface area contributed by atoms with Gasteiger partial charge in [0.25, 0.3) is 0 Å². The van der Waals surface area contributed by atoms with Gasteiger partial charge in [0.1, 0.15) is 0 Å². The van der Waals surface area contributed by atoms with Gasteiger partial charge in [-0.3, -0.25) is 0 Å². The molecule has 25 heavy (non-hydrogen) atoms. The summed E-state index contributed by atoms with van der Waals surface area (Å²) in [6, 6.07) is 0.237. The molecule has 0 aliphatic carbocycles. The smallest absolute Gasteiger partial charge is 0.0333 e. The number of hydrogen-bond acceptors (Lipinski definition) is 2. The molecular formula is C23H44N2. The van der Waals surface area contributed by atoms with Crippen molar-refractivity contribution in [2.75, 3.05) is 0 Å². The molecule has 0 aliphatic rings. The van der Waals surface area contributed by atoms with Gasteiger partial charge in [-0.1, -0.05) is 58.1 Å². The standard InChI is InChI=1S/C23H44N2/c1-7-21(17-13-15-19-23(25,10-4)11-5)16-12-14-18-22(8-2,9-3)20(6)24/h7,12,14-15,19-21H,1,8-11,13,16-18,24-25H2,2-6H3/b14-12+,19-15+. The summed E-state index contributed by atoms with van der Waals surface area (Å²) in [6.45, 7) is 15.0. The van der Waals surface area contributed by atoms with E-state index in [-0.39, 0.29) is 17.0 Å². The van der Waals surface area contributed by atoms with E-state index in [4.69, 9.17) is 11.5 Å². The van der Waals surface area contributed by atoms with E-state index in [0.29, 0.717) is 5.92 Å². The quantitative estimate of drug-likeness (QED) is 0.371. The van der Waals surface area contributed by atoms with Gasteiger partial charge in [0.05, 0.1) is 0 Å². The molecule has 146 valence electrons. The molecule has 0 aromatic carbocycles. The molecule has 0 radical (unpaired) electrons. The van der Waals surface area contributed by atoms with E-state index in [1.165, 1.54) is 0 Å². The maximum absolute atomic E-state index is 6.31. The molecule has 0 aliphatic heterocycles.